The molecule has 0 aliphatic carbocycles. The van der Waals surface area contributed by atoms with Gasteiger partial charge in [0.25, 0.3) is 0 Å². The van der Waals surface area contributed by atoms with E-state index in [1.54, 1.807) is 11.1 Å². The highest BCUT2D eigenvalue weighted by molar-refractivity contribution is 5.73. The van der Waals surface area contributed by atoms with Crippen LogP contribution in [0.4, 0.5) is 31.1 Å². The number of aromatic nitrogens is 4. The number of pyridine rings is 1. The average molecular weight is 675 g/mol. The first-order valence-electron chi connectivity index (χ1n) is 13.9. The zero-order valence-electron chi connectivity index (χ0n) is 25.5. The van der Waals surface area contributed by atoms with Crippen LogP contribution in [0.3, 0.4) is 0 Å². The number of nitrogens with zero attached hydrogens (tertiary/aromatic N) is 6. The van der Waals surface area contributed by atoms with Crippen molar-refractivity contribution in [2.45, 2.75) is 57.7 Å². The Hall–Kier alpha value is -4.74. The Kier molecular flexibility index (Phi) is 11.6. The lowest BCUT2D eigenvalue weighted by molar-refractivity contribution is -0.193. The molecule has 1 aromatic carbocycles. The summed E-state index contributed by atoms with van der Waals surface area (Å²) >= 11 is 0. The number of carboxylic acid groups (broad SMARTS) is 2. The van der Waals surface area contributed by atoms with E-state index in [1.165, 1.54) is 23.8 Å². The lowest BCUT2D eigenvalue weighted by atomic mass is 9.84. The van der Waals surface area contributed by atoms with E-state index in [-0.39, 0.29) is 11.6 Å². The van der Waals surface area contributed by atoms with E-state index in [0.717, 1.165) is 49.7 Å². The maximum absolute atomic E-state index is 12.5. The molecule has 5 rings (SSSR count). The van der Waals surface area contributed by atoms with E-state index in [9.17, 15) is 31.1 Å². The first-order chi connectivity index (χ1) is 21.9. The minimum atomic E-state index is -5.08. The highest BCUT2D eigenvalue weighted by Gasteiger charge is 2.46. The van der Waals surface area contributed by atoms with Gasteiger partial charge in [-0.25, -0.2) is 14.4 Å². The Morgan fingerprint density at radius 1 is 0.936 bits per heavy atom. The predicted octanol–water partition coefficient (Wildman–Crippen LogP) is 4.80. The number of carbonyl (C=O) groups excluding carboxylic acids is 1. The smallest absolute Gasteiger partial charge is 0.475 e. The topological polar surface area (TPSA) is 151 Å². The normalized spacial score (nSPS) is 15.8. The molecule has 3 aromatic rings. The second-order valence-corrected chi connectivity index (χ2v) is 10.9. The third-order valence-corrected chi connectivity index (χ3v) is 7.33. The van der Waals surface area contributed by atoms with Crippen molar-refractivity contribution in [3.05, 3.63) is 65.2 Å². The summed E-state index contributed by atoms with van der Waals surface area (Å²) in [6, 6.07) is 10.7. The van der Waals surface area contributed by atoms with E-state index >= 15 is 0 Å². The molecule has 0 atom stereocenters. The number of carbonyl (C=O) groups is 3. The van der Waals surface area contributed by atoms with Gasteiger partial charge in [-0.1, -0.05) is 29.3 Å². The third kappa shape index (κ3) is 9.63. The highest BCUT2D eigenvalue weighted by Crippen LogP contribution is 2.39. The molecule has 0 bridgehead atoms. The Bertz CT molecular complexity index is 1510. The van der Waals surface area contributed by atoms with Crippen molar-refractivity contribution in [3.8, 4) is 11.4 Å². The first-order valence-corrected chi connectivity index (χ1v) is 13.9. The number of benzene rings is 1. The van der Waals surface area contributed by atoms with Crippen molar-refractivity contribution in [2.75, 3.05) is 26.7 Å². The number of amides is 1. The number of ether oxygens (including phenoxy) is 1. The molecule has 1 saturated heterocycles. The summed E-state index contributed by atoms with van der Waals surface area (Å²) in [4.78, 5) is 38.8. The number of likely N-dealkylation sites (tertiary alicyclic amines) is 1. The van der Waals surface area contributed by atoms with Crippen molar-refractivity contribution in [2.24, 2.45) is 0 Å². The van der Waals surface area contributed by atoms with Gasteiger partial charge in [0.2, 0.25) is 0 Å². The summed E-state index contributed by atoms with van der Waals surface area (Å²) in [6.07, 6.45) is -5.08. The molecular formula is C29H32F6N6O6. The minimum Gasteiger partial charge on any atom is -0.475 e. The summed E-state index contributed by atoms with van der Waals surface area (Å²) in [5, 5.41) is 23.3. The van der Waals surface area contributed by atoms with Crippen molar-refractivity contribution < 1.29 is 55.7 Å². The van der Waals surface area contributed by atoms with Gasteiger partial charge in [-0.15, -0.1) is 10.2 Å². The van der Waals surface area contributed by atoms with Crippen molar-refractivity contribution >= 4 is 18.0 Å². The van der Waals surface area contributed by atoms with Crippen molar-refractivity contribution in [1.29, 1.82) is 0 Å². The fourth-order valence-electron chi connectivity index (χ4n) is 5.44. The number of halogens is 6. The number of rotatable bonds is 3. The number of alkyl halides is 6. The van der Waals surface area contributed by atoms with Crippen LogP contribution in [0.15, 0.2) is 42.7 Å². The highest BCUT2D eigenvalue weighted by atomic mass is 19.4. The van der Waals surface area contributed by atoms with Crippen molar-refractivity contribution in [3.63, 3.8) is 0 Å². The van der Waals surface area contributed by atoms with Gasteiger partial charge in [0.1, 0.15) is 0 Å². The zero-order valence-corrected chi connectivity index (χ0v) is 25.5. The molecule has 47 heavy (non-hydrogen) atoms. The van der Waals surface area contributed by atoms with Gasteiger partial charge in [-0.3, -0.25) is 14.8 Å². The Labute approximate surface area is 264 Å². The Balaban J connectivity index is 0.000000360. The number of aryl methyl sites for hydroxylation is 2. The Morgan fingerprint density at radius 3 is 1.96 bits per heavy atom. The fourth-order valence-corrected chi connectivity index (χ4v) is 5.44. The lowest BCUT2D eigenvalue weighted by Gasteiger charge is -2.48. The molecule has 18 heteroatoms. The molecule has 12 nitrogen and oxygen atoms in total. The van der Waals surface area contributed by atoms with Crippen LogP contribution in [-0.4, -0.2) is 96.9 Å². The second kappa shape index (κ2) is 14.8. The average Bonchev–Trinajstić information content (AvgIpc) is 3.43. The molecule has 2 aliphatic heterocycles. The quantitative estimate of drug-likeness (QED) is 0.371. The lowest BCUT2D eigenvalue weighted by Crippen LogP contribution is -2.57. The summed E-state index contributed by atoms with van der Waals surface area (Å²) in [5.41, 5.74) is 4.63. The summed E-state index contributed by atoms with van der Waals surface area (Å²) in [6.45, 7) is 8.10. The monoisotopic (exact) mass is 674 g/mol. The molecule has 256 valence electrons. The summed E-state index contributed by atoms with van der Waals surface area (Å²) in [7, 11) is 1.43. The molecule has 2 aliphatic rings. The van der Waals surface area contributed by atoms with Gasteiger partial charge in [-0.2, -0.15) is 26.3 Å². The van der Waals surface area contributed by atoms with Crippen molar-refractivity contribution in [1.82, 2.24) is 29.5 Å². The van der Waals surface area contributed by atoms with Crippen LogP contribution in [0.2, 0.25) is 0 Å². The van der Waals surface area contributed by atoms with Gasteiger partial charge < -0.3 is 19.5 Å². The van der Waals surface area contributed by atoms with Crippen LogP contribution in [0.5, 0.6) is 0 Å². The number of hydrogen-bond donors (Lipinski definition) is 2. The maximum Gasteiger partial charge on any atom is 0.490 e. The van der Waals surface area contributed by atoms with E-state index < -0.39 is 24.3 Å². The summed E-state index contributed by atoms with van der Waals surface area (Å²) in [5.74, 6) is -3.89. The number of methoxy groups -OCH3 is 1. The molecular weight excluding hydrogens is 642 g/mol. The van der Waals surface area contributed by atoms with Crippen LogP contribution in [-0.2, 0) is 33.0 Å². The Morgan fingerprint density at radius 2 is 1.49 bits per heavy atom. The molecule has 0 unspecified atom stereocenters. The molecule has 4 heterocycles. The van der Waals surface area contributed by atoms with Gasteiger partial charge in [-0.05, 0) is 44.4 Å². The first kappa shape index (κ1) is 36.7. The molecule has 1 amide bonds. The number of piperidine rings is 1. The zero-order chi connectivity index (χ0) is 35.2. The maximum atomic E-state index is 12.5. The molecule has 0 saturated carbocycles. The van der Waals surface area contributed by atoms with Crippen LogP contribution in [0, 0.1) is 13.8 Å². The van der Waals surface area contributed by atoms with E-state index in [1.807, 2.05) is 18.3 Å². The van der Waals surface area contributed by atoms with Gasteiger partial charge >= 0.3 is 30.4 Å². The SMILES string of the molecule is COC(=O)N1Cc2nnc(-c3cccnc3)n2C2(CCN(Cc3cc(C)cc(C)c3)CC2)C1.O=C(O)C(F)(F)F.O=C(O)C(F)(F)F. The number of fused-ring (bicyclic) bond motifs is 2. The number of hydrogen-bond acceptors (Lipinski definition) is 8. The van der Waals surface area contributed by atoms with Gasteiger partial charge in [0.05, 0.1) is 19.2 Å². The van der Waals surface area contributed by atoms with Crippen LogP contribution >= 0.6 is 0 Å². The number of aliphatic carboxylic acids is 2. The van der Waals surface area contributed by atoms with E-state index in [4.69, 9.17) is 24.5 Å². The van der Waals surface area contributed by atoms with E-state index in [2.05, 4.69) is 56.7 Å². The number of carboxylic acids is 2. The molecule has 2 aromatic heterocycles. The van der Waals surface area contributed by atoms with Crippen LogP contribution < -0.4 is 0 Å². The summed E-state index contributed by atoms with van der Waals surface area (Å²) < 4.78 is 70.8. The molecule has 1 spiro atoms. The standard InChI is InChI=1S/C25H30N6O2.2C2HF3O2/c1-18-11-19(2)13-20(12-18)15-29-9-6-25(7-10-29)17-30(24(32)33-3)16-22-27-28-23(31(22)25)21-5-4-8-26-14-21;2*3-2(4,5)1(6)7/h4-5,8,11-14H,6-7,9-10,15-17H2,1-3H3;2*(H,6,7). The molecule has 2 N–H and O–H groups in total. The minimum absolute atomic E-state index is 0.268. The predicted molar refractivity (Wildman–Crippen MR) is 152 cm³/mol. The van der Waals surface area contributed by atoms with Gasteiger partial charge in [0, 0.05) is 44.1 Å². The van der Waals surface area contributed by atoms with Crippen LogP contribution in [0.1, 0.15) is 35.4 Å². The van der Waals surface area contributed by atoms with Gasteiger partial charge in [0.15, 0.2) is 11.6 Å². The second-order valence-electron chi connectivity index (χ2n) is 10.9. The van der Waals surface area contributed by atoms with Crippen LogP contribution in [0.25, 0.3) is 11.4 Å². The fraction of sp³-hybridized carbons (Fsp3) is 0.448. The molecule has 0 radical (unpaired) electrons. The molecule has 1 fully saturated rings. The third-order valence-electron chi connectivity index (χ3n) is 7.33. The largest absolute Gasteiger partial charge is 0.490 e. The van der Waals surface area contributed by atoms with E-state index in [0.29, 0.717) is 13.1 Å².